The normalized spacial score (nSPS) is 16.4. The van der Waals surface area contributed by atoms with Gasteiger partial charge in [0.2, 0.25) is 0 Å². The molecule has 2 aromatic rings. The highest BCUT2D eigenvalue weighted by Crippen LogP contribution is 2.37. The topological polar surface area (TPSA) is 91.5 Å². The average molecular weight is 415 g/mol. The Kier molecular flexibility index (Phi) is 7.18. The molecule has 3 rings (SSSR count). The van der Waals surface area contributed by atoms with Crippen molar-refractivity contribution in [2.24, 2.45) is 0 Å². The lowest BCUT2D eigenvalue weighted by molar-refractivity contribution is 0.262. The summed E-state index contributed by atoms with van der Waals surface area (Å²) in [6.07, 6.45) is 5.72. The van der Waals surface area contributed by atoms with Gasteiger partial charge in [0.25, 0.3) is 0 Å². The quantitative estimate of drug-likeness (QED) is 0.544. The molecule has 2 heterocycles. The number of aliphatic hydroxyl groups excluding tert-OH is 1. The minimum atomic E-state index is 0.117. The van der Waals surface area contributed by atoms with Crippen LogP contribution in [0.3, 0.4) is 0 Å². The lowest BCUT2D eigenvalue weighted by Crippen LogP contribution is -2.41. The fraction of sp³-hybridized carbons (Fsp3) is 0.476. The van der Waals surface area contributed by atoms with Gasteiger partial charge in [-0.25, -0.2) is 9.97 Å². The summed E-state index contributed by atoms with van der Waals surface area (Å²) >= 11 is 1.44. The minimum absolute atomic E-state index is 0.117. The molecule has 0 aliphatic carbocycles. The molecule has 1 N–H and O–H groups in total. The summed E-state index contributed by atoms with van der Waals surface area (Å²) in [6, 6.07) is 8.02. The van der Waals surface area contributed by atoms with E-state index in [4.69, 9.17) is 14.5 Å². The summed E-state index contributed by atoms with van der Waals surface area (Å²) < 4.78 is 10.8. The van der Waals surface area contributed by atoms with Crippen molar-refractivity contribution < 1.29 is 14.6 Å². The molecule has 1 aliphatic rings. The molecule has 1 aromatic carbocycles. The molecule has 1 aromatic heterocycles. The lowest BCUT2D eigenvalue weighted by Gasteiger charge is -2.37. The van der Waals surface area contributed by atoms with E-state index in [1.165, 1.54) is 11.8 Å². The summed E-state index contributed by atoms with van der Waals surface area (Å²) in [5.41, 5.74) is 1.80. The van der Waals surface area contributed by atoms with E-state index >= 15 is 0 Å². The van der Waals surface area contributed by atoms with Gasteiger partial charge in [0, 0.05) is 24.8 Å². The van der Waals surface area contributed by atoms with Gasteiger partial charge in [-0.15, -0.1) is 0 Å². The molecule has 1 aliphatic heterocycles. The molecule has 0 amide bonds. The largest absolute Gasteiger partial charge is 0.493 e. The van der Waals surface area contributed by atoms with Crippen LogP contribution in [0.5, 0.6) is 11.5 Å². The van der Waals surface area contributed by atoms with Gasteiger partial charge >= 0.3 is 0 Å². The number of benzene rings is 1. The third-order valence-electron chi connectivity index (χ3n) is 5.18. The van der Waals surface area contributed by atoms with E-state index in [1.807, 2.05) is 24.5 Å². The third kappa shape index (κ3) is 4.41. The van der Waals surface area contributed by atoms with Crippen LogP contribution in [0.25, 0.3) is 11.3 Å². The van der Waals surface area contributed by atoms with Crippen LogP contribution in [0.2, 0.25) is 0 Å². The molecule has 0 saturated carbocycles. The molecule has 7 nitrogen and oxygen atoms in total. The van der Waals surface area contributed by atoms with E-state index in [0.717, 1.165) is 31.4 Å². The Morgan fingerprint density at radius 1 is 1.24 bits per heavy atom. The zero-order valence-electron chi connectivity index (χ0n) is 17.0. The first-order valence-electron chi connectivity index (χ1n) is 9.62. The first-order chi connectivity index (χ1) is 14.2. The zero-order valence-corrected chi connectivity index (χ0v) is 17.8. The van der Waals surface area contributed by atoms with E-state index in [0.29, 0.717) is 40.2 Å². The number of anilines is 1. The molecule has 29 heavy (non-hydrogen) atoms. The molecule has 1 unspecified atom stereocenters. The van der Waals surface area contributed by atoms with Crippen molar-refractivity contribution in [2.75, 3.05) is 38.5 Å². The van der Waals surface area contributed by atoms with E-state index in [9.17, 15) is 10.4 Å². The monoisotopic (exact) mass is 414 g/mol. The Morgan fingerprint density at radius 3 is 2.69 bits per heavy atom. The van der Waals surface area contributed by atoms with Crippen molar-refractivity contribution in [3.05, 3.63) is 23.8 Å². The number of hydrogen-bond donors (Lipinski definition) is 1. The smallest absolute Gasteiger partial charge is 0.189 e. The number of nitriles is 1. The highest BCUT2D eigenvalue weighted by atomic mass is 32.2. The number of nitrogens with zero attached hydrogens (tertiary/aromatic N) is 4. The number of hydrogen-bond acceptors (Lipinski definition) is 8. The second kappa shape index (κ2) is 9.81. The van der Waals surface area contributed by atoms with Crippen LogP contribution in [0.15, 0.2) is 23.4 Å². The maximum Gasteiger partial charge on any atom is 0.189 e. The van der Waals surface area contributed by atoms with Crippen molar-refractivity contribution >= 4 is 17.6 Å². The summed E-state index contributed by atoms with van der Waals surface area (Å²) in [7, 11) is 3.17. The van der Waals surface area contributed by atoms with Gasteiger partial charge in [-0.05, 0) is 50.1 Å². The van der Waals surface area contributed by atoms with Crippen LogP contribution >= 0.6 is 11.8 Å². The number of methoxy groups -OCH3 is 2. The third-order valence-corrected chi connectivity index (χ3v) is 5.73. The predicted octanol–water partition coefficient (Wildman–Crippen LogP) is 3.50. The number of aromatic nitrogens is 2. The molecule has 1 atom stereocenters. The molecular weight excluding hydrogens is 388 g/mol. The van der Waals surface area contributed by atoms with Crippen LogP contribution in [0, 0.1) is 11.3 Å². The summed E-state index contributed by atoms with van der Waals surface area (Å²) in [5.74, 6) is 1.85. The van der Waals surface area contributed by atoms with Crippen LogP contribution in [0.4, 0.5) is 5.82 Å². The molecule has 8 heteroatoms. The van der Waals surface area contributed by atoms with Crippen LogP contribution in [-0.2, 0) is 0 Å². The number of ether oxygens (including phenoxy) is 2. The van der Waals surface area contributed by atoms with Gasteiger partial charge in [-0.2, -0.15) is 5.26 Å². The van der Waals surface area contributed by atoms with Crippen molar-refractivity contribution in [1.29, 1.82) is 5.26 Å². The van der Waals surface area contributed by atoms with E-state index < -0.39 is 0 Å². The van der Waals surface area contributed by atoms with E-state index in [2.05, 4.69) is 16.0 Å². The number of thioether (sulfide) groups is 1. The average Bonchev–Trinajstić information content (AvgIpc) is 2.78. The maximum absolute atomic E-state index is 10.0. The van der Waals surface area contributed by atoms with Crippen molar-refractivity contribution in [1.82, 2.24) is 9.97 Å². The van der Waals surface area contributed by atoms with Gasteiger partial charge in [-0.1, -0.05) is 11.8 Å². The summed E-state index contributed by atoms with van der Waals surface area (Å²) in [5, 5.41) is 20.1. The fourth-order valence-corrected chi connectivity index (χ4v) is 4.11. The molecule has 0 bridgehead atoms. The maximum atomic E-state index is 10.0. The highest BCUT2D eigenvalue weighted by molar-refractivity contribution is 7.98. The lowest BCUT2D eigenvalue weighted by atomic mass is 9.98. The predicted molar refractivity (Wildman–Crippen MR) is 114 cm³/mol. The van der Waals surface area contributed by atoms with Gasteiger partial charge in [-0.3, -0.25) is 0 Å². The summed E-state index contributed by atoms with van der Waals surface area (Å²) in [4.78, 5) is 11.5. The van der Waals surface area contributed by atoms with Gasteiger partial charge in [0.05, 0.1) is 19.9 Å². The van der Waals surface area contributed by atoms with Crippen LogP contribution in [-0.4, -0.2) is 54.7 Å². The van der Waals surface area contributed by atoms with Crippen LogP contribution < -0.4 is 14.4 Å². The Bertz CT molecular complexity index is 898. The Balaban J connectivity index is 2.16. The second-order valence-corrected chi connectivity index (χ2v) is 7.57. The number of rotatable bonds is 7. The molecule has 0 spiro atoms. The van der Waals surface area contributed by atoms with Gasteiger partial charge in [0.1, 0.15) is 11.6 Å². The van der Waals surface area contributed by atoms with E-state index in [1.54, 1.807) is 14.2 Å². The van der Waals surface area contributed by atoms with Gasteiger partial charge < -0.3 is 19.5 Å². The minimum Gasteiger partial charge on any atom is -0.493 e. The second-order valence-electron chi connectivity index (χ2n) is 6.79. The van der Waals surface area contributed by atoms with Gasteiger partial charge in [0.15, 0.2) is 22.5 Å². The molecule has 0 radical (unpaired) electrons. The SMILES string of the molecule is COc1ccc(-c2nc(SC)nc(N3CCCCC3CCO)c2C#N)cc1OC. The van der Waals surface area contributed by atoms with E-state index in [-0.39, 0.29) is 12.6 Å². The standard InChI is InChI=1S/C21H26N4O3S/c1-27-17-8-7-14(12-18(17)28-2)19-16(13-22)20(24-21(23-19)29-3)25-10-5-4-6-15(25)9-11-26/h7-8,12,15,26H,4-6,9-11H2,1-3H3. The molecule has 1 saturated heterocycles. The molecule has 1 fully saturated rings. The Morgan fingerprint density at radius 2 is 2.03 bits per heavy atom. The zero-order chi connectivity index (χ0) is 20.8. The molecular formula is C21H26N4O3S. The number of piperidine rings is 1. The Labute approximate surface area is 175 Å². The highest BCUT2D eigenvalue weighted by Gasteiger charge is 2.28. The Hall–Kier alpha value is -2.50. The van der Waals surface area contributed by atoms with Crippen molar-refractivity contribution in [3.8, 4) is 28.8 Å². The van der Waals surface area contributed by atoms with Crippen molar-refractivity contribution in [2.45, 2.75) is 36.9 Å². The summed E-state index contributed by atoms with van der Waals surface area (Å²) in [6.45, 7) is 0.932. The van der Waals surface area contributed by atoms with Crippen molar-refractivity contribution in [3.63, 3.8) is 0 Å². The fourth-order valence-electron chi connectivity index (χ4n) is 3.75. The number of aliphatic hydroxyl groups is 1. The van der Waals surface area contributed by atoms with Crippen LogP contribution in [0.1, 0.15) is 31.2 Å². The molecule has 154 valence electrons. The first-order valence-corrected chi connectivity index (χ1v) is 10.8. The first kappa shape index (κ1) is 21.2.